The zero-order valence-electron chi connectivity index (χ0n) is 13.9. The summed E-state index contributed by atoms with van der Waals surface area (Å²) >= 11 is 6.80. The number of aromatic nitrogens is 4. The van der Waals surface area contributed by atoms with Crippen LogP contribution in [0.1, 0.15) is 11.4 Å². The number of hydrogen-bond acceptors (Lipinski definition) is 6. The van der Waals surface area contributed by atoms with Gasteiger partial charge in [-0.3, -0.25) is 4.40 Å². The number of pyridine rings is 1. The highest BCUT2D eigenvalue weighted by Gasteiger charge is 2.25. The molecule has 3 aromatic heterocycles. The first-order valence-electron chi connectivity index (χ1n) is 7.69. The quantitative estimate of drug-likeness (QED) is 0.377. The Bertz CT molecular complexity index is 1340. The number of nitrogens with zero attached hydrogens (tertiary/aromatic N) is 4. The second-order valence-corrected chi connectivity index (χ2v) is 9.70. The van der Waals surface area contributed by atoms with Gasteiger partial charge in [0, 0.05) is 22.4 Å². The SMILES string of the molecule is O=S(=O)(Cl)c1cc(Cl)c2nc(-c3ccc(F)cc3)c(-c3nnc(C(F)F)s3)n2c1. The van der Waals surface area contributed by atoms with Gasteiger partial charge in [-0.15, -0.1) is 10.2 Å². The van der Waals surface area contributed by atoms with E-state index in [1.54, 1.807) is 0 Å². The Labute approximate surface area is 175 Å². The highest BCUT2D eigenvalue weighted by molar-refractivity contribution is 8.13. The predicted octanol–water partition coefficient (Wildman–Crippen LogP) is 5.18. The fourth-order valence-corrected chi connectivity index (χ4v) is 4.45. The molecule has 0 saturated carbocycles. The van der Waals surface area contributed by atoms with Gasteiger partial charge in [-0.2, -0.15) is 0 Å². The number of halogens is 5. The molecule has 3 heterocycles. The molecular weight excluding hydrogens is 472 g/mol. The average molecular weight is 479 g/mol. The molecule has 0 bridgehead atoms. The average Bonchev–Trinajstić information content (AvgIpc) is 3.26. The number of fused-ring (bicyclic) bond motifs is 1. The third-order valence-electron chi connectivity index (χ3n) is 3.88. The monoisotopic (exact) mass is 478 g/mol. The molecule has 150 valence electrons. The molecule has 4 rings (SSSR count). The second kappa shape index (κ2) is 7.24. The van der Waals surface area contributed by atoms with Gasteiger partial charge in [0.25, 0.3) is 15.5 Å². The predicted molar refractivity (Wildman–Crippen MR) is 102 cm³/mol. The van der Waals surface area contributed by atoms with E-state index in [2.05, 4.69) is 15.2 Å². The molecule has 0 N–H and O–H groups in total. The Morgan fingerprint density at radius 1 is 1.14 bits per heavy atom. The largest absolute Gasteiger partial charge is 0.294 e. The number of rotatable bonds is 4. The first-order chi connectivity index (χ1) is 13.6. The van der Waals surface area contributed by atoms with E-state index >= 15 is 0 Å². The first kappa shape index (κ1) is 20.1. The molecule has 0 radical (unpaired) electrons. The Kier molecular flexibility index (Phi) is 5.01. The van der Waals surface area contributed by atoms with Gasteiger partial charge in [0.2, 0.25) is 0 Å². The fourth-order valence-electron chi connectivity index (χ4n) is 2.65. The van der Waals surface area contributed by atoms with Crippen molar-refractivity contribution in [3.63, 3.8) is 0 Å². The van der Waals surface area contributed by atoms with Gasteiger partial charge in [-0.05, 0) is 30.3 Å². The molecule has 0 saturated heterocycles. The maximum absolute atomic E-state index is 13.3. The van der Waals surface area contributed by atoms with Crippen molar-refractivity contribution in [2.75, 3.05) is 0 Å². The zero-order chi connectivity index (χ0) is 20.9. The molecule has 0 fully saturated rings. The van der Waals surface area contributed by atoms with Gasteiger partial charge in [-0.25, -0.2) is 26.6 Å². The number of benzene rings is 1. The van der Waals surface area contributed by atoms with Crippen LogP contribution in [-0.2, 0) is 9.05 Å². The van der Waals surface area contributed by atoms with Crippen LogP contribution in [0, 0.1) is 5.82 Å². The second-order valence-electron chi connectivity index (χ2n) is 5.72. The van der Waals surface area contributed by atoms with E-state index in [1.807, 2.05) is 0 Å². The van der Waals surface area contributed by atoms with E-state index in [1.165, 1.54) is 28.7 Å². The van der Waals surface area contributed by atoms with Gasteiger partial charge < -0.3 is 0 Å². The van der Waals surface area contributed by atoms with Crippen LogP contribution < -0.4 is 0 Å². The summed E-state index contributed by atoms with van der Waals surface area (Å²) in [5.41, 5.74) is 0.970. The summed E-state index contributed by atoms with van der Waals surface area (Å²) in [5.74, 6) is -0.483. The maximum Gasteiger partial charge on any atom is 0.291 e. The lowest BCUT2D eigenvalue weighted by molar-refractivity contribution is 0.150. The molecule has 4 aromatic rings. The Morgan fingerprint density at radius 2 is 1.83 bits per heavy atom. The van der Waals surface area contributed by atoms with Crippen LogP contribution in [0.25, 0.3) is 27.6 Å². The van der Waals surface area contributed by atoms with Crippen LogP contribution in [0.3, 0.4) is 0 Å². The third kappa shape index (κ3) is 3.70. The lowest BCUT2D eigenvalue weighted by Gasteiger charge is -2.04. The van der Waals surface area contributed by atoms with Crippen LogP contribution >= 0.6 is 33.6 Å². The van der Waals surface area contributed by atoms with Crippen LogP contribution in [0.2, 0.25) is 5.02 Å². The normalized spacial score (nSPS) is 12.2. The molecule has 0 unspecified atom stereocenters. The fraction of sp³-hybridized carbons (Fsp3) is 0.0625. The summed E-state index contributed by atoms with van der Waals surface area (Å²) in [7, 11) is 1.28. The Morgan fingerprint density at radius 3 is 2.41 bits per heavy atom. The van der Waals surface area contributed by atoms with Crippen molar-refractivity contribution in [3.05, 3.63) is 52.4 Å². The lowest BCUT2D eigenvalue weighted by Crippen LogP contribution is -1.97. The van der Waals surface area contributed by atoms with Crippen LogP contribution in [0.15, 0.2) is 41.4 Å². The topological polar surface area (TPSA) is 77.2 Å². The van der Waals surface area contributed by atoms with E-state index in [9.17, 15) is 21.6 Å². The smallest absolute Gasteiger partial charge is 0.291 e. The van der Waals surface area contributed by atoms with Crippen LogP contribution in [0.4, 0.5) is 13.2 Å². The number of imidazole rings is 1. The van der Waals surface area contributed by atoms with Crippen molar-refractivity contribution in [2.24, 2.45) is 0 Å². The minimum Gasteiger partial charge on any atom is -0.294 e. The van der Waals surface area contributed by atoms with Crippen molar-refractivity contribution >= 4 is 48.3 Å². The van der Waals surface area contributed by atoms with Crippen molar-refractivity contribution in [1.82, 2.24) is 19.6 Å². The molecule has 0 aliphatic rings. The third-order valence-corrected chi connectivity index (χ3v) is 6.42. The van der Waals surface area contributed by atoms with E-state index in [0.29, 0.717) is 16.9 Å². The van der Waals surface area contributed by atoms with Gasteiger partial charge in [0.15, 0.2) is 15.7 Å². The summed E-state index contributed by atoms with van der Waals surface area (Å²) < 4.78 is 64.2. The minimum atomic E-state index is -4.15. The molecule has 13 heteroatoms. The van der Waals surface area contributed by atoms with Crippen molar-refractivity contribution in [3.8, 4) is 22.0 Å². The molecular formula is C16H7Cl2F3N4O2S2. The maximum atomic E-state index is 13.3. The zero-order valence-corrected chi connectivity index (χ0v) is 17.0. The summed E-state index contributed by atoms with van der Waals surface area (Å²) in [6.45, 7) is 0. The van der Waals surface area contributed by atoms with Crippen LogP contribution in [-0.4, -0.2) is 28.0 Å². The highest BCUT2D eigenvalue weighted by atomic mass is 35.7. The standard InChI is InChI=1S/C16H7Cl2F3N4O2S2/c17-10-5-9(29(18,26)27)6-25-12(15-23-24-16(28-15)13(20)21)11(22-14(10)25)7-1-3-8(19)4-2-7/h1-6,13H. The van der Waals surface area contributed by atoms with Crippen molar-refractivity contribution in [1.29, 1.82) is 0 Å². The molecule has 0 aliphatic carbocycles. The molecule has 0 amide bonds. The van der Waals surface area contributed by atoms with Gasteiger partial charge >= 0.3 is 0 Å². The van der Waals surface area contributed by atoms with Crippen molar-refractivity contribution < 1.29 is 21.6 Å². The van der Waals surface area contributed by atoms with Gasteiger partial charge in [0.1, 0.15) is 16.4 Å². The van der Waals surface area contributed by atoms with Gasteiger partial charge in [-0.1, -0.05) is 22.9 Å². The van der Waals surface area contributed by atoms with E-state index in [4.69, 9.17) is 22.3 Å². The first-order valence-corrected chi connectivity index (χ1v) is 11.2. The molecule has 29 heavy (non-hydrogen) atoms. The minimum absolute atomic E-state index is 0.0417. The van der Waals surface area contributed by atoms with Gasteiger partial charge in [0.05, 0.1) is 10.7 Å². The van der Waals surface area contributed by atoms with Crippen molar-refractivity contribution in [2.45, 2.75) is 11.3 Å². The molecule has 0 spiro atoms. The summed E-state index contributed by atoms with van der Waals surface area (Å²) in [6.07, 6.45) is -1.68. The molecule has 0 aliphatic heterocycles. The van der Waals surface area contributed by atoms with E-state index in [0.717, 1.165) is 12.3 Å². The summed E-state index contributed by atoms with van der Waals surface area (Å²) in [4.78, 5) is 4.07. The summed E-state index contributed by atoms with van der Waals surface area (Å²) in [5, 5.41) is 6.73. The molecule has 0 atom stereocenters. The lowest BCUT2D eigenvalue weighted by atomic mass is 10.1. The van der Waals surface area contributed by atoms with E-state index < -0.39 is 26.3 Å². The molecule has 6 nitrogen and oxygen atoms in total. The molecule has 1 aromatic carbocycles. The Hall–Kier alpha value is -2.21. The summed E-state index contributed by atoms with van der Waals surface area (Å²) in [6, 6.07) is 6.38. The number of hydrogen-bond donors (Lipinski definition) is 0. The highest BCUT2D eigenvalue weighted by Crippen LogP contribution is 2.38. The Balaban J connectivity index is 2.08. The van der Waals surface area contributed by atoms with E-state index in [-0.39, 0.29) is 32.0 Å². The van der Waals surface area contributed by atoms with Crippen LogP contribution in [0.5, 0.6) is 0 Å². The number of alkyl halides is 2.